The summed E-state index contributed by atoms with van der Waals surface area (Å²) < 4.78 is 0. The van der Waals surface area contributed by atoms with Crippen LogP contribution in [-0.2, 0) is 0 Å². The van der Waals surface area contributed by atoms with E-state index in [0.717, 1.165) is 5.69 Å². The molecular formula is C18H14Cl2N4O. The van der Waals surface area contributed by atoms with Gasteiger partial charge in [0.15, 0.2) is 0 Å². The molecule has 25 heavy (non-hydrogen) atoms. The number of anilines is 3. The van der Waals surface area contributed by atoms with Crippen molar-refractivity contribution < 1.29 is 4.79 Å². The van der Waals surface area contributed by atoms with Gasteiger partial charge in [-0.2, -0.15) is 0 Å². The molecule has 0 bridgehead atoms. The van der Waals surface area contributed by atoms with Crippen molar-refractivity contribution in [3.8, 4) is 0 Å². The van der Waals surface area contributed by atoms with E-state index in [1.807, 2.05) is 31.2 Å². The van der Waals surface area contributed by atoms with E-state index in [2.05, 4.69) is 20.6 Å². The first-order valence-corrected chi connectivity index (χ1v) is 8.19. The number of aryl methyl sites for hydroxylation is 1. The molecule has 0 radical (unpaired) electrons. The van der Waals surface area contributed by atoms with Crippen molar-refractivity contribution in [2.45, 2.75) is 6.92 Å². The summed E-state index contributed by atoms with van der Waals surface area (Å²) in [4.78, 5) is 20.6. The van der Waals surface area contributed by atoms with E-state index in [-0.39, 0.29) is 10.7 Å². The molecule has 0 saturated carbocycles. The Bertz CT molecular complexity index is 896. The van der Waals surface area contributed by atoms with Crippen LogP contribution in [0.2, 0.25) is 10.0 Å². The Morgan fingerprint density at radius 3 is 2.44 bits per heavy atom. The lowest BCUT2D eigenvalue weighted by molar-refractivity contribution is 0.102. The van der Waals surface area contributed by atoms with Crippen molar-refractivity contribution in [3.63, 3.8) is 0 Å². The van der Waals surface area contributed by atoms with Crippen molar-refractivity contribution >= 4 is 46.3 Å². The van der Waals surface area contributed by atoms with Gasteiger partial charge in [0, 0.05) is 5.69 Å². The van der Waals surface area contributed by atoms with E-state index >= 15 is 0 Å². The van der Waals surface area contributed by atoms with Crippen molar-refractivity contribution in [2.24, 2.45) is 0 Å². The summed E-state index contributed by atoms with van der Waals surface area (Å²) in [5.41, 5.74) is 2.65. The third-order valence-corrected chi connectivity index (χ3v) is 4.23. The fourth-order valence-corrected chi connectivity index (χ4v) is 2.43. The van der Waals surface area contributed by atoms with E-state index in [9.17, 15) is 4.79 Å². The summed E-state index contributed by atoms with van der Waals surface area (Å²) >= 11 is 12.0. The largest absolute Gasteiger partial charge is 0.339 e. The van der Waals surface area contributed by atoms with Crippen LogP contribution in [0.3, 0.4) is 0 Å². The number of rotatable bonds is 4. The summed E-state index contributed by atoms with van der Waals surface area (Å²) in [6.45, 7) is 2.02. The monoisotopic (exact) mass is 372 g/mol. The van der Waals surface area contributed by atoms with Gasteiger partial charge in [-0.15, -0.1) is 0 Å². The molecule has 126 valence electrons. The van der Waals surface area contributed by atoms with Crippen LogP contribution in [0, 0.1) is 6.92 Å². The second kappa shape index (κ2) is 7.51. The molecule has 0 atom stereocenters. The summed E-state index contributed by atoms with van der Waals surface area (Å²) in [7, 11) is 0. The van der Waals surface area contributed by atoms with Gasteiger partial charge in [0.05, 0.1) is 28.1 Å². The zero-order valence-corrected chi connectivity index (χ0v) is 14.8. The standard InChI is InChI=1S/C18H14Cl2N4O/c1-11-5-7-12(8-6-11)23-16-10-21-15(9-22-16)18(25)24-14-4-2-3-13(19)17(14)20/h2-10H,1H3,(H,22,23)(H,24,25). The highest BCUT2D eigenvalue weighted by Gasteiger charge is 2.12. The number of nitrogens with zero attached hydrogens (tertiary/aromatic N) is 2. The Hall–Kier alpha value is -2.63. The molecular weight excluding hydrogens is 359 g/mol. The van der Waals surface area contributed by atoms with Gasteiger partial charge >= 0.3 is 0 Å². The number of benzene rings is 2. The minimum absolute atomic E-state index is 0.172. The van der Waals surface area contributed by atoms with Gasteiger partial charge in [-0.3, -0.25) is 4.79 Å². The molecule has 1 amide bonds. The molecule has 1 heterocycles. The number of carbonyl (C=O) groups is 1. The maximum atomic E-state index is 12.2. The molecule has 2 aromatic carbocycles. The Morgan fingerprint density at radius 1 is 1.00 bits per heavy atom. The average Bonchev–Trinajstić information content (AvgIpc) is 2.61. The predicted molar refractivity (Wildman–Crippen MR) is 101 cm³/mol. The van der Waals surface area contributed by atoms with Crippen LogP contribution in [0.25, 0.3) is 0 Å². The summed E-state index contributed by atoms with van der Waals surface area (Å²) in [6.07, 6.45) is 2.89. The maximum absolute atomic E-state index is 12.2. The number of nitrogens with one attached hydrogen (secondary N) is 2. The Balaban J connectivity index is 1.70. The lowest BCUT2D eigenvalue weighted by atomic mass is 10.2. The van der Waals surface area contributed by atoms with Gasteiger partial charge in [0.2, 0.25) is 0 Å². The van der Waals surface area contributed by atoms with E-state index in [0.29, 0.717) is 16.5 Å². The highest BCUT2D eigenvalue weighted by atomic mass is 35.5. The van der Waals surface area contributed by atoms with Crippen molar-refractivity contribution in [1.82, 2.24) is 9.97 Å². The van der Waals surface area contributed by atoms with Crippen LogP contribution in [0.15, 0.2) is 54.9 Å². The normalized spacial score (nSPS) is 10.4. The van der Waals surface area contributed by atoms with Crippen LogP contribution in [0.5, 0.6) is 0 Å². The molecule has 0 unspecified atom stereocenters. The van der Waals surface area contributed by atoms with E-state index in [1.54, 1.807) is 18.2 Å². The van der Waals surface area contributed by atoms with Gasteiger partial charge in [0.1, 0.15) is 11.5 Å². The Morgan fingerprint density at radius 2 is 1.76 bits per heavy atom. The zero-order chi connectivity index (χ0) is 17.8. The molecule has 0 aliphatic heterocycles. The van der Waals surface area contributed by atoms with E-state index in [1.165, 1.54) is 18.0 Å². The van der Waals surface area contributed by atoms with Gasteiger partial charge in [-0.1, -0.05) is 47.0 Å². The summed E-state index contributed by atoms with van der Waals surface area (Å²) in [5, 5.41) is 6.43. The molecule has 0 aliphatic carbocycles. The molecule has 3 rings (SSSR count). The highest BCUT2D eigenvalue weighted by molar-refractivity contribution is 6.44. The first-order chi connectivity index (χ1) is 12.0. The van der Waals surface area contributed by atoms with Crippen molar-refractivity contribution in [3.05, 3.63) is 76.2 Å². The number of carbonyl (C=O) groups excluding carboxylic acids is 1. The number of hydrogen-bond acceptors (Lipinski definition) is 4. The topological polar surface area (TPSA) is 66.9 Å². The minimum Gasteiger partial charge on any atom is -0.339 e. The van der Waals surface area contributed by atoms with Crippen molar-refractivity contribution in [1.29, 1.82) is 0 Å². The fraction of sp³-hybridized carbons (Fsp3) is 0.0556. The lowest BCUT2D eigenvalue weighted by Gasteiger charge is -2.08. The molecule has 5 nitrogen and oxygen atoms in total. The maximum Gasteiger partial charge on any atom is 0.275 e. The molecule has 0 aliphatic rings. The van der Waals surface area contributed by atoms with Crippen LogP contribution < -0.4 is 10.6 Å². The minimum atomic E-state index is -0.418. The average molecular weight is 373 g/mol. The summed E-state index contributed by atoms with van der Waals surface area (Å²) in [6, 6.07) is 12.9. The second-order valence-electron chi connectivity index (χ2n) is 5.33. The molecule has 2 N–H and O–H groups in total. The fourth-order valence-electron chi connectivity index (χ4n) is 2.08. The van der Waals surface area contributed by atoms with E-state index < -0.39 is 5.91 Å². The van der Waals surface area contributed by atoms with Gasteiger partial charge in [-0.05, 0) is 31.2 Å². The van der Waals surface area contributed by atoms with Crippen LogP contribution in [0.4, 0.5) is 17.2 Å². The number of aromatic nitrogens is 2. The smallest absolute Gasteiger partial charge is 0.275 e. The molecule has 0 saturated heterocycles. The second-order valence-corrected chi connectivity index (χ2v) is 6.12. The van der Waals surface area contributed by atoms with Gasteiger partial charge in [-0.25, -0.2) is 9.97 Å². The number of halogens is 2. The SMILES string of the molecule is Cc1ccc(Nc2cnc(C(=O)Nc3cccc(Cl)c3Cl)cn2)cc1. The van der Waals surface area contributed by atoms with Gasteiger partial charge in [0.25, 0.3) is 5.91 Å². The molecule has 0 spiro atoms. The molecule has 0 fully saturated rings. The first-order valence-electron chi connectivity index (χ1n) is 7.44. The Labute approximate surface area is 155 Å². The van der Waals surface area contributed by atoms with Crippen LogP contribution in [0.1, 0.15) is 16.1 Å². The van der Waals surface area contributed by atoms with Crippen LogP contribution >= 0.6 is 23.2 Å². The third kappa shape index (κ3) is 4.26. The Kier molecular flexibility index (Phi) is 5.16. The molecule has 3 aromatic rings. The first kappa shape index (κ1) is 17.2. The predicted octanol–water partition coefficient (Wildman–Crippen LogP) is 5.09. The highest BCUT2D eigenvalue weighted by Crippen LogP contribution is 2.29. The third-order valence-electron chi connectivity index (χ3n) is 3.41. The van der Waals surface area contributed by atoms with Crippen LogP contribution in [-0.4, -0.2) is 15.9 Å². The van der Waals surface area contributed by atoms with E-state index in [4.69, 9.17) is 23.2 Å². The lowest BCUT2D eigenvalue weighted by Crippen LogP contribution is -2.14. The molecule has 7 heteroatoms. The number of hydrogen-bond donors (Lipinski definition) is 2. The van der Waals surface area contributed by atoms with Gasteiger partial charge < -0.3 is 10.6 Å². The quantitative estimate of drug-likeness (QED) is 0.669. The number of amides is 1. The summed E-state index contributed by atoms with van der Waals surface area (Å²) in [5.74, 6) is 0.125. The zero-order valence-electron chi connectivity index (χ0n) is 13.3. The molecule has 1 aromatic heterocycles. The van der Waals surface area contributed by atoms with Crippen molar-refractivity contribution in [2.75, 3.05) is 10.6 Å².